The van der Waals surface area contributed by atoms with Crippen molar-refractivity contribution in [3.8, 4) is 5.75 Å². The molecule has 0 saturated heterocycles. The van der Waals surface area contributed by atoms with E-state index in [9.17, 15) is 5.11 Å². The van der Waals surface area contributed by atoms with E-state index in [-0.39, 0.29) is 11.7 Å². The number of para-hydroxylation sites is 1. The molecule has 4 heterocycles. The summed E-state index contributed by atoms with van der Waals surface area (Å²) in [5, 5.41) is 24.0. The number of hydrogen-bond donors (Lipinski definition) is 3. The largest absolute Gasteiger partial charge is 0.506 e. The van der Waals surface area contributed by atoms with E-state index in [1.54, 1.807) is 12.1 Å². The Kier molecular flexibility index (Phi) is 3.27. The van der Waals surface area contributed by atoms with E-state index in [1.807, 2.05) is 10.6 Å². The Morgan fingerprint density at radius 3 is 2.96 bits per heavy atom. The van der Waals surface area contributed by atoms with Gasteiger partial charge >= 0.3 is 0 Å². The molecule has 11 heteroatoms. The predicted octanol–water partition coefficient (Wildman–Crippen LogP) is 0.461. The van der Waals surface area contributed by atoms with E-state index < -0.39 is 0 Å². The number of anilines is 1. The van der Waals surface area contributed by atoms with Crippen molar-refractivity contribution in [3.63, 3.8) is 0 Å². The number of phenols is 1. The lowest BCUT2D eigenvalue weighted by Crippen LogP contribution is -2.33. The van der Waals surface area contributed by atoms with Crippen LogP contribution in [-0.2, 0) is 19.6 Å². The maximum Gasteiger partial charge on any atom is 0.223 e. The van der Waals surface area contributed by atoms with Crippen LogP contribution >= 0.6 is 12.6 Å². The van der Waals surface area contributed by atoms with E-state index in [0.717, 1.165) is 18.9 Å². The van der Waals surface area contributed by atoms with Gasteiger partial charge in [0.1, 0.15) is 17.1 Å². The van der Waals surface area contributed by atoms with Gasteiger partial charge in [0.2, 0.25) is 5.95 Å². The lowest BCUT2D eigenvalue weighted by molar-refractivity contribution is 0.200. The quantitative estimate of drug-likeness (QED) is 0.436. The standard InChI is InChI=1S/C15H15N9OS/c16-14-18-12-8(2-1-3-9(12)25)13-17-10(21-24(13)14)6-22-4-5-23-11(7-22)19-20-15(23)26/h1-3,25H,4-7H2,(H2,16,18)(H,20,26). The number of aromatic hydroxyl groups is 1. The molecule has 0 fully saturated rings. The summed E-state index contributed by atoms with van der Waals surface area (Å²) in [6, 6.07) is 5.16. The number of aromatic nitrogens is 7. The summed E-state index contributed by atoms with van der Waals surface area (Å²) in [5.41, 5.74) is 7.00. The molecule has 0 aliphatic carbocycles. The Hall–Kier alpha value is -2.92. The predicted molar refractivity (Wildman–Crippen MR) is 95.8 cm³/mol. The van der Waals surface area contributed by atoms with Crippen molar-refractivity contribution in [1.29, 1.82) is 0 Å². The Morgan fingerprint density at radius 1 is 1.19 bits per heavy atom. The highest BCUT2D eigenvalue weighted by Crippen LogP contribution is 2.26. The fraction of sp³-hybridized carbons (Fsp3) is 0.267. The summed E-state index contributed by atoms with van der Waals surface area (Å²) in [7, 11) is 0. The molecule has 10 nitrogen and oxygen atoms in total. The molecule has 1 aliphatic rings. The Labute approximate surface area is 152 Å². The summed E-state index contributed by atoms with van der Waals surface area (Å²) in [6.45, 7) is 2.80. The third kappa shape index (κ3) is 2.28. The minimum atomic E-state index is 0.0687. The molecule has 3 aromatic heterocycles. The second-order valence-electron chi connectivity index (χ2n) is 6.19. The van der Waals surface area contributed by atoms with Crippen molar-refractivity contribution in [2.45, 2.75) is 24.8 Å². The molecular formula is C15H15N9OS. The second-order valence-corrected chi connectivity index (χ2v) is 6.59. The Balaban J connectivity index is 1.51. The first-order valence-corrected chi connectivity index (χ1v) is 8.51. The van der Waals surface area contributed by atoms with Gasteiger partial charge in [-0.25, -0.2) is 9.97 Å². The molecule has 0 unspecified atom stereocenters. The summed E-state index contributed by atoms with van der Waals surface area (Å²) >= 11 is 4.30. The number of nitrogens with two attached hydrogens (primary N) is 1. The van der Waals surface area contributed by atoms with Gasteiger partial charge in [0, 0.05) is 18.5 Å². The summed E-state index contributed by atoms with van der Waals surface area (Å²) in [6.07, 6.45) is 0. The van der Waals surface area contributed by atoms with E-state index in [1.165, 1.54) is 4.52 Å². The van der Waals surface area contributed by atoms with Gasteiger partial charge in [-0.1, -0.05) is 6.07 Å². The first-order chi connectivity index (χ1) is 12.6. The average Bonchev–Trinajstić information content (AvgIpc) is 3.21. The topological polar surface area (TPSA) is 123 Å². The molecule has 0 bridgehead atoms. The first-order valence-electron chi connectivity index (χ1n) is 8.06. The third-order valence-electron chi connectivity index (χ3n) is 4.53. The zero-order valence-corrected chi connectivity index (χ0v) is 14.5. The van der Waals surface area contributed by atoms with Gasteiger partial charge < -0.3 is 15.4 Å². The fourth-order valence-corrected chi connectivity index (χ4v) is 3.53. The van der Waals surface area contributed by atoms with Crippen molar-refractivity contribution in [3.05, 3.63) is 29.8 Å². The SMILES string of the molecule is Nc1nc2c(O)cccc2c2nc(CN3CCn4c(S)nnc4C3)nn12. The zero-order valence-electron chi connectivity index (χ0n) is 13.6. The van der Waals surface area contributed by atoms with Crippen molar-refractivity contribution >= 4 is 35.1 Å². The van der Waals surface area contributed by atoms with Crippen molar-refractivity contribution in [2.24, 2.45) is 0 Å². The number of thiol groups is 1. The van der Waals surface area contributed by atoms with Crippen LogP contribution in [0.25, 0.3) is 16.6 Å². The molecule has 0 amide bonds. The van der Waals surface area contributed by atoms with Crippen LogP contribution in [0.3, 0.4) is 0 Å². The lowest BCUT2D eigenvalue weighted by atomic mass is 10.2. The molecule has 1 aliphatic heterocycles. The molecule has 0 saturated carbocycles. The van der Waals surface area contributed by atoms with Gasteiger partial charge in [-0.15, -0.1) is 27.9 Å². The number of rotatable bonds is 2. The van der Waals surface area contributed by atoms with E-state index in [0.29, 0.717) is 40.6 Å². The highest BCUT2D eigenvalue weighted by Gasteiger charge is 2.22. The van der Waals surface area contributed by atoms with E-state index in [2.05, 4.69) is 42.8 Å². The van der Waals surface area contributed by atoms with E-state index >= 15 is 0 Å². The van der Waals surface area contributed by atoms with Gasteiger partial charge in [0.15, 0.2) is 16.6 Å². The monoisotopic (exact) mass is 369 g/mol. The molecule has 0 spiro atoms. The zero-order chi connectivity index (χ0) is 17.8. The molecule has 1 aromatic carbocycles. The highest BCUT2D eigenvalue weighted by atomic mass is 32.1. The minimum absolute atomic E-state index is 0.0687. The maximum atomic E-state index is 10.0. The van der Waals surface area contributed by atoms with Crippen molar-refractivity contribution in [1.82, 2.24) is 39.2 Å². The molecule has 26 heavy (non-hydrogen) atoms. The van der Waals surface area contributed by atoms with Crippen LogP contribution in [-0.4, -0.2) is 50.9 Å². The molecule has 132 valence electrons. The van der Waals surface area contributed by atoms with Crippen LogP contribution in [0.15, 0.2) is 23.4 Å². The summed E-state index contributed by atoms with van der Waals surface area (Å²) in [4.78, 5) is 11.0. The normalized spacial score (nSPS) is 15.0. The van der Waals surface area contributed by atoms with Crippen LogP contribution in [0.4, 0.5) is 5.95 Å². The number of hydrogen-bond acceptors (Lipinski definition) is 9. The van der Waals surface area contributed by atoms with Crippen LogP contribution < -0.4 is 5.73 Å². The fourth-order valence-electron chi connectivity index (χ4n) is 3.27. The number of benzene rings is 1. The highest BCUT2D eigenvalue weighted by molar-refractivity contribution is 7.80. The van der Waals surface area contributed by atoms with Crippen molar-refractivity contribution in [2.75, 3.05) is 12.3 Å². The molecule has 0 radical (unpaired) electrons. The van der Waals surface area contributed by atoms with Crippen LogP contribution in [0.2, 0.25) is 0 Å². The number of phenolic OH excluding ortho intramolecular Hbond substituents is 1. The second kappa shape index (κ2) is 5.54. The number of fused-ring (bicyclic) bond motifs is 4. The van der Waals surface area contributed by atoms with Crippen LogP contribution in [0.5, 0.6) is 5.75 Å². The molecule has 4 aromatic rings. The van der Waals surface area contributed by atoms with Gasteiger partial charge in [-0.3, -0.25) is 4.90 Å². The molecule has 3 N–H and O–H groups in total. The molecular weight excluding hydrogens is 354 g/mol. The first kappa shape index (κ1) is 15.3. The minimum Gasteiger partial charge on any atom is -0.506 e. The molecule has 5 rings (SSSR count). The smallest absolute Gasteiger partial charge is 0.223 e. The van der Waals surface area contributed by atoms with Crippen LogP contribution in [0.1, 0.15) is 11.6 Å². The molecule has 0 atom stereocenters. The van der Waals surface area contributed by atoms with Crippen LogP contribution in [0, 0.1) is 0 Å². The Morgan fingerprint density at radius 2 is 2.08 bits per heavy atom. The van der Waals surface area contributed by atoms with Crippen molar-refractivity contribution < 1.29 is 5.11 Å². The maximum absolute atomic E-state index is 10.0. The van der Waals surface area contributed by atoms with Gasteiger partial charge in [-0.2, -0.15) is 4.52 Å². The summed E-state index contributed by atoms with van der Waals surface area (Å²) < 4.78 is 3.50. The third-order valence-corrected chi connectivity index (χ3v) is 4.86. The number of nitrogen functional groups attached to an aromatic ring is 1. The number of nitrogens with zero attached hydrogens (tertiary/aromatic N) is 8. The van der Waals surface area contributed by atoms with Gasteiger partial charge in [-0.05, 0) is 12.1 Å². The lowest BCUT2D eigenvalue weighted by Gasteiger charge is -2.25. The van der Waals surface area contributed by atoms with E-state index in [4.69, 9.17) is 5.73 Å². The Bertz CT molecular complexity index is 1150. The van der Waals surface area contributed by atoms with Gasteiger partial charge in [0.25, 0.3) is 0 Å². The average molecular weight is 369 g/mol. The van der Waals surface area contributed by atoms with Gasteiger partial charge in [0.05, 0.1) is 13.1 Å². The summed E-state index contributed by atoms with van der Waals surface area (Å²) in [5.74, 6) is 1.76.